The molecule has 1 saturated carbocycles. The van der Waals surface area contributed by atoms with Gasteiger partial charge in [0.1, 0.15) is 18.1 Å². The number of carbonyl (C=O) groups is 1. The maximum absolute atomic E-state index is 11.8. The number of hydrogen-bond acceptors (Lipinski definition) is 5. The molecule has 1 aromatic carbocycles. The zero-order valence-electron chi connectivity index (χ0n) is 10.9. The van der Waals surface area contributed by atoms with Gasteiger partial charge in [-0.05, 0) is 18.9 Å². The van der Waals surface area contributed by atoms with Gasteiger partial charge in [0.05, 0.1) is 12.3 Å². The Morgan fingerprint density at radius 1 is 1.30 bits per heavy atom. The second-order valence-electron chi connectivity index (χ2n) is 5.37. The van der Waals surface area contributed by atoms with Crippen molar-refractivity contribution in [2.75, 3.05) is 6.61 Å². The van der Waals surface area contributed by atoms with E-state index < -0.39 is 0 Å². The quantitative estimate of drug-likeness (QED) is 0.851. The third-order valence-electron chi connectivity index (χ3n) is 3.85. The average molecular weight is 270 g/mol. The molecule has 1 aromatic heterocycles. The first kappa shape index (κ1) is 11.6. The summed E-state index contributed by atoms with van der Waals surface area (Å²) in [4.78, 5) is 16.1. The van der Waals surface area contributed by atoms with E-state index in [9.17, 15) is 4.79 Å². The van der Waals surface area contributed by atoms with Gasteiger partial charge in [-0.2, -0.15) is 4.98 Å². The number of hydrogen-bond donors (Lipinski definition) is 0. The second kappa shape index (κ2) is 4.44. The second-order valence-corrected chi connectivity index (χ2v) is 5.37. The normalized spacial score (nSPS) is 20.5. The van der Waals surface area contributed by atoms with Crippen molar-refractivity contribution in [1.82, 2.24) is 10.1 Å². The fourth-order valence-electron chi connectivity index (χ4n) is 2.56. The highest BCUT2D eigenvalue weighted by molar-refractivity contribution is 5.84. The number of benzene rings is 1. The fraction of sp³-hybridized carbons (Fsp3) is 0.400. The van der Waals surface area contributed by atoms with Gasteiger partial charge in [0, 0.05) is 11.5 Å². The van der Waals surface area contributed by atoms with Crippen molar-refractivity contribution >= 4 is 5.78 Å². The molecular formula is C15H14N2O3. The summed E-state index contributed by atoms with van der Waals surface area (Å²) in [5.41, 5.74) is 1.08. The van der Waals surface area contributed by atoms with Crippen molar-refractivity contribution < 1.29 is 14.1 Å². The van der Waals surface area contributed by atoms with Crippen molar-refractivity contribution in [1.29, 1.82) is 0 Å². The summed E-state index contributed by atoms with van der Waals surface area (Å²) in [6.45, 7) is 0.523. The Morgan fingerprint density at radius 2 is 2.15 bits per heavy atom. The molecule has 4 rings (SSSR count). The van der Waals surface area contributed by atoms with Crippen LogP contribution in [0.5, 0.6) is 5.75 Å². The number of ketones is 1. The molecule has 1 aliphatic heterocycles. The summed E-state index contributed by atoms with van der Waals surface area (Å²) in [6.07, 6.45) is 2.26. The van der Waals surface area contributed by atoms with Gasteiger partial charge in [-0.3, -0.25) is 4.79 Å². The Hall–Kier alpha value is -2.17. The Kier molecular flexibility index (Phi) is 2.58. The first-order chi connectivity index (χ1) is 9.81. The van der Waals surface area contributed by atoms with Gasteiger partial charge in [0.25, 0.3) is 0 Å². The summed E-state index contributed by atoms with van der Waals surface area (Å²) in [6, 6.07) is 7.86. The van der Waals surface area contributed by atoms with Gasteiger partial charge in [-0.15, -0.1) is 0 Å². The number of para-hydroxylation sites is 1. The van der Waals surface area contributed by atoms with Crippen molar-refractivity contribution in [3.05, 3.63) is 41.5 Å². The number of ether oxygens (including phenoxy) is 1. The lowest BCUT2D eigenvalue weighted by Crippen LogP contribution is -2.07. The highest BCUT2D eigenvalue weighted by Gasteiger charge is 2.32. The van der Waals surface area contributed by atoms with Gasteiger partial charge in [-0.25, -0.2) is 0 Å². The standard InChI is InChI=1S/C15H14N2O3/c18-12(9-5-6-9)7-14-16-15(17-20-14)11-8-19-13-4-2-1-3-10(11)13/h1-4,9,11H,5-8H2. The van der Waals surface area contributed by atoms with Crippen LogP contribution in [0.25, 0.3) is 0 Å². The van der Waals surface area contributed by atoms with Crippen LogP contribution < -0.4 is 4.74 Å². The molecule has 1 aliphatic carbocycles. The van der Waals surface area contributed by atoms with E-state index in [1.807, 2.05) is 24.3 Å². The van der Waals surface area contributed by atoms with Crippen molar-refractivity contribution in [3.63, 3.8) is 0 Å². The van der Waals surface area contributed by atoms with E-state index in [0.29, 0.717) is 18.3 Å². The van der Waals surface area contributed by atoms with Crippen molar-refractivity contribution in [2.45, 2.75) is 25.2 Å². The van der Waals surface area contributed by atoms with Crippen LogP contribution in [0.3, 0.4) is 0 Å². The van der Waals surface area contributed by atoms with Crippen LogP contribution in [0.1, 0.15) is 36.0 Å². The lowest BCUT2D eigenvalue weighted by molar-refractivity contribution is -0.119. The Balaban J connectivity index is 1.55. The third-order valence-corrected chi connectivity index (χ3v) is 3.85. The molecule has 1 fully saturated rings. The molecule has 0 bridgehead atoms. The molecule has 20 heavy (non-hydrogen) atoms. The molecule has 5 heteroatoms. The SMILES string of the molecule is O=C(Cc1nc(C2COc3ccccc32)no1)C1CC1. The highest BCUT2D eigenvalue weighted by atomic mass is 16.5. The van der Waals surface area contributed by atoms with Crippen molar-refractivity contribution in [2.24, 2.45) is 5.92 Å². The molecule has 2 aromatic rings. The van der Waals surface area contributed by atoms with Crippen LogP contribution in [0.15, 0.2) is 28.8 Å². The lowest BCUT2D eigenvalue weighted by atomic mass is 10.0. The molecule has 0 saturated heterocycles. The lowest BCUT2D eigenvalue weighted by Gasteiger charge is -2.01. The van der Waals surface area contributed by atoms with E-state index in [0.717, 1.165) is 24.2 Å². The van der Waals surface area contributed by atoms with Crippen LogP contribution >= 0.6 is 0 Å². The van der Waals surface area contributed by atoms with Gasteiger partial charge in [0.2, 0.25) is 5.89 Å². The van der Waals surface area contributed by atoms with Crippen LogP contribution in [-0.4, -0.2) is 22.5 Å². The van der Waals surface area contributed by atoms with Gasteiger partial charge in [0.15, 0.2) is 5.82 Å². The van der Waals surface area contributed by atoms with Crippen LogP contribution in [0.2, 0.25) is 0 Å². The number of carbonyl (C=O) groups excluding carboxylic acids is 1. The van der Waals surface area contributed by atoms with E-state index in [4.69, 9.17) is 9.26 Å². The minimum absolute atomic E-state index is 0.000253. The minimum Gasteiger partial charge on any atom is -0.492 e. The summed E-state index contributed by atoms with van der Waals surface area (Å²) >= 11 is 0. The molecule has 0 spiro atoms. The molecule has 0 radical (unpaired) electrons. The Labute approximate surface area is 115 Å². The summed E-state index contributed by atoms with van der Waals surface area (Å²) in [7, 11) is 0. The monoisotopic (exact) mass is 270 g/mol. The van der Waals surface area contributed by atoms with E-state index in [1.54, 1.807) is 0 Å². The Morgan fingerprint density at radius 3 is 3.00 bits per heavy atom. The molecule has 1 atom stereocenters. The van der Waals surface area contributed by atoms with E-state index in [-0.39, 0.29) is 24.0 Å². The summed E-state index contributed by atoms with van der Waals surface area (Å²) < 4.78 is 10.8. The molecular weight excluding hydrogens is 256 g/mol. The smallest absolute Gasteiger partial charge is 0.234 e. The zero-order chi connectivity index (χ0) is 13.5. The maximum atomic E-state index is 11.8. The van der Waals surface area contributed by atoms with Crippen LogP contribution in [0, 0.1) is 5.92 Å². The highest BCUT2D eigenvalue weighted by Crippen LogP contribution is 2.36. The number of Topliss-reactive ketones (excluding diaryl/α,β-unsaturated/α-hetero) is 1. The van der Waals surface area contributed by atoms with Gasteiger partial charge < -0.3 is 9.26 Å². The number of nitrogens with zero attached hydrogens (tertiary/aromatic N) is 2. The summed E-state index contributed by atoms with van der Waals surface area (Å²) in [5.74, 6) is 2.33. The molecule has 0 amide bonds. The third kappa shape index (κ3) is 1.99. The summed E-state index contributed by atoms with van der Waals surface area (Å²) in [5, 5.41) is 4.01. The van der Waals surface area contributed by atoms with Crippen molar-refractivity contribution in [3.8, 4) is 5.75 Å². The molecule has 0 N–H and O–H groups in total. The largest absolute Gasteiger partial charge is 0.492 e. The first-order valence-corrected chi connectivity index (χ1v) is 6.88. The van der Waals surface area contributed by atoms with E-state index in [1.165, 1.54) is 0 Å². The maximum Gasteiger partial charge on any atom is 0.234 e. The molecule has 2 aliphatic rings. The fourth-order valence-corrected chi connectivity index (χ4v) is 2.56. The van der Waals surface area contributed by atoms with Crippen LogP contribution in [0.4, 0.5) is 0 Å². The molecule has 102 valence electrons. The molecule has 2 heterocycles. The van der Waals surface area contributed by atoms with Gasteiger partial charge >= 0.3 is 0 Å². The predicted molar refractivity (Wildman–Crippen MR) is 69.5 cm³/mol. The number of aromatic nitrogens is 2. The van der Waals surface area contributed by atoms with Gasteiger partial charge in [-0.1, -0.05) is 23.4 Å². The molecule has 1 unspecified atom stereocenters. The topological polar surface area (TPSA) is 65.2 Å². The van der Waals surface area contributed by atoms with Crippen LogP contribution in [-0.2, 0) is 11.2 Å². The molecule has 5 nitrogen and oxygen atoms in total. The zero-order valence-corrected chi connectivity index (χ0v) is 10.9. The van der Waals surface area contributed by atoms with E-state index >= 15 is 0 Å². The minimum atomic E-state index is -0.000253. The average Bonchev–Trinajstić information content (AvgIpc) is 3.08. The Bertz CT molecular complexity index is 661. The predicted octanol–water partition coefficient (Wildman–Crippen LogP) is 2.12. The number of rotatable bonds is 4. The number of fused-ring (bicyclic) bond motifs is 1. The first-order valence-electron chi connectivity index (χ1n) is 6.88. The van der Waals surface area contributed by atoms with E-state index in [2.05, 4.69) is 10.1 Å².